The highest BCUT2D eigenvalue weighted by Crippen LogP contribution is 2.33. The number of thiazole rings is 1. The average Bonchev–Trinajstić information content (AvgIpc) is 3.38. The van der Waals surface area contributed by atoms with Gasteiger partial charge in [0.2, 0.25) is 5.95 Å². The number of thiophene rings is 1. The standard InChI is InChI=1S/C20H18N4OS2/c1-13-11-27-19(23-13)18-17(15-6-7-26-12-15)10-22-20(24-18)21-9-14-4-3-5-16(8-14)25-2/h3-8,10-12H,9H2,1-2H3,(H,21,22,24). The number of hydrogen-bond acceptors (Lipinski definition) is 7. The fourth-order valence-corrected chi connectivity index (χ4v) is 4.14. The van der Waals surface area contributed by atoms with Gasteiger partial charge in [-0.2, -0.15) is 11.3 Å². The quantitative estimate of drug-likeness (QED) is 0.483. The molecule has 0 amide bonds. The molecule has 0 fully saturated rings. The van der Waals surface area contributed by atoms with Crippen LogP contribution < -0.4 is 10.1 Å². The van der Waals surface area contributed by atoms with Crippen molar-refractivity contribution in [3.8, 4) is 27.6 Å². The number of aromatic nitrogens is 3. The van der Waals surface area contributed by atoms with Crippen molar-refractivity contribution in [3.05, 3.63) is 63.9 Å². The van der Waals surface area contributed by atoms with Crippen LogP contribution in [0.15, 0.2) is 52.7 Å². The topological polar surface area (TPSA) is 59.9 Å². The van der Waals surface area contributed by atoms with Crippen LogP contribution in [-0.4, -0.2) is 22.1 Å². The SMILES string of the molecule is COc1cccc(CNc2ncc(-c3ccsc3)c(-c3nc(C)cs3)n2)c1. The summed E-state index contributed by atoms with van der Waals surface area (Å²) in [5.41, 5.74) is 5.07. The summed E-state index contributed by atoms with van der Waals surface area (Å²) in [7, 11) is 1.67. The molecule has 136 valence electrons. The normalized spacial score (nSPS) is 10.7. The van der Waals surface area contributed by atoms with Gasteiger partial charge in [-0.25, -0.2) is 15.0 Å². The van der Waals surface area contributed by atoms with E-state index in [1.165, 1.54) is 0 Å². The highest BCUT2D eigenvalue weighted by molar-refractivity contribution is 7.13. The molecule has 0 radical (unpaired) electrons. The maximum Gasteiger partial charge on any atom is 0.223 e. The fourth-order valence-electron chi connectivity index (χ4n) is 2.69. The molecule has 0 aliphatic rings. The molecule has 0 aliphatic carbocycles. The Kier molecular flexibility index (Phi) is 5.13. The second kappa shape index (κ2) is 7.85. The van der Waals surface area contributed by atoms with E-state index in [4.69, 9.17) is 9.72 Å². The lowest BCUT2D eigenvalue weighted by Crippen LogP contribution is -2.05. The maximum atomic E-state index is 5.28. The van der Waals surface area contributed by atoms with Gasteiger partial charge in [0.1, 0.15) is 16.5 Å². The van der Waals surface area contributed by atoms with Gasteiger partial charge in [-0.05, 0) is 47.0 Å². The Bertz CT molecular complexity index is 1040. The van der Waals surface area contributed by atoms with Crippen molar-refractivity contribution in [2.45, 2.75) is 13.5 Å². The van der Waals surface area contributed by atoms with E-state index in [1.54, 1.807) is 29.8 Å². The molecule has 0 aliphatic heterocycles. The maximum absolute atomic E-state index is 5.28. The smallest absolute Gasteiger partial charge is 0.223 e. The number of anilines is 1. The van der Waals surface area contributed by atoms with Crippen LogP contribution in [0.25, 0.3) is 21.8 Å². The summed E-state index contributed by atoms with van der Waals surface area (Å²) >= 11 is 3.26. The van der Waals surface area contributed by atoms with Gasteiger partial charge in [-0.3, -0.25) is 0 Å². The molecular formula is C20H18N4OS2. The molecular weight excluding hydrogens is 376 g/mol. The van der Waals surface area contributed by atoms with Gasteiger partial charge in [0.15, 0.2) is 0 Å². The Hall–Kier alpha value is -2.77. The van der Waals surface area contributed by atoms with Crippen LogP contribution in [-0.2, 0) is 6.54 Å². The van der Waals surface area contributed by atoms with E-state index < -0.39 is 0 Å². The number of methoxy groups -OCH3 is 1. The van der Waals surface area contributed by atoms with Crippen LogP contribution in [0.1, 0.15) is 11.3 Å². The second-order valence-corrected chi connectivity index (χ2v) is 7.61. The number of benzene rings is 1. The summed E-state index contributed by atoms with van der Waals surface area (Å²) in [5, 5.41) is 10.4. The lowest BCUT2D eigenvalue weighted by atomic mass is 10.1. The van der Waals surface area contributed by atoms with Crippen molar-refractivity contribution < 1.29 is 4.74 Å². The van der Waals surface area contributed by atoms with Gasteiger partial charge >= 0.3 is 0 Å². The van der Waals surface area contributed by atoms with Gasteiger partial charge in [0.25, 0.3) is 0 Å². The van der Waals surface area contributed by atoms with Crippen LogP contribution in [0, 0.1) is 6.92 Å². The second-order valence-electron chi connectivity index (χ2n) is 5.97. The third-order valence-electron chi connectivity index (χ3n) is 4.03. The van der Waals surface area contributed by atoms with Crippen LogP contribution >= 0.6 is 22.7 Å². The minimum atomic E-state index is 0.583. The number of ether oxygens (including phenoxy) is 1. The zero-order valence-electron chi connectivity index (χ0n) is 15.0. The molecule has 3 aromatic heterocycles. The lowest BCUT2D eigenvalue weighted by Gasteiger charge is -2.10. The Morgan fingerprint density at radius 1 is 1.15 bits per heavy atom. The average molecular weight is 395 g/mol. The van der Waals surface area contributed by atoms with E-state index in [-0.39, 0.29) is 0 Å². The molecule has 4 rings (SSSR count). The van der Waals surface area contributed by atoms with Gasteiger partial charge < -0.3 is 10.1 Å². The molecule has 4 aromatic rings. The first kappa shape index (κ1) is 17.6. The first-order valence-corrected chi connectivity index (χ1v) is 10.2. The van der Waals surface area contributed by atoms with E-state index >= 15 is 0 Å². The van der Waals surface area contributed by atoms with Gasteiger partial charge in [0, 0.05) is 29.4 Å². The molecule has 0 spiro atoms. The molecule has 1 N–H and O–H groups in total. The van der Waals surface area contributed by atoms with E-state index in [0.29, 0.717) is 12.5 Å². The minimum absolute atomic E-state index is 0.583. The Labute approximate surface area is 165 Å². The largest absolute Gasteiger partial charge is 0.497 e. The van der Waals surface area contributed by atoms with Crippen molar-refractivity contribution in [1.82, 2.24) is 15.0 Å². The zero-order chi connectivity index (χ0) is 18.6. The summed E-state index contributed by atoms with van der Waals surface area (Å²) in [6.45, 7) is 2.61. The summed E-state index contributed by atoms with van der Waals surface area (Å²) < 4.78 is 5.28. The number of nitrogens with one attached hydrogen (secondary N) is 1. The molecule has 27 heavy (non-hydrogen) atoms. The highest BCUT2D eigenvalue weighted by atomic mass is 32.1. The number of rotatable bonds is 6. The van der Waals surface area contributed by atoms with E-state index in [2.05, 4.69) is 32.1 Å². The van der Waals surface area contributed by atoms with Gasteiger partial charge in [0.05, 0.1) is 7.11 Å². The van der Waals surface area contributed by atoms with Gasteiger partial charge in [-0.15, -0.1) is 11.3 Å². The van der Waals surface area contributed by atoms with Crippen LogP contribution in [0.5, 0.6) is 5.75 Å². The molecule has 3 heterocycles. The predicted molar refractivity (Wildman–Crippen MR) is 112 cm³/mol. The fraction of sp³-hybridized carbons (Fsp3) is 0.150. The zero-order valence-corrected chi connectivity index (χ0v) is 16.6. The van der Waals surface area contributed by atoms with E-state index in [1.807, 2.05) is 42.8 Å². The molecule has 7 heteroatoms. The van der Waals surface area contributed by atoms with Crippen LogP contribution in [0.4, 0.5) is 5.95 Å². The number of aryl methyl sites for hydroxylation is 1. The molecule has 0 atom stereocenters. The molecule has 0 unspecified atom stereocenters. The summed E-state index contributed by atoms with van der Waals surface area (Å²) in [6, 6.07) is 10.0. The summed E-state index contributed by atoms with van der Waals surface area (Å²) in [6.07, 6.45) is 1.87. The first-order valence-electron chi connectivity index (χ1n) is 8.42. The van der Waals surface area contributed by atoms with Crippen LogP contribution in [0.2, 0.25) is 0 Å². The molecule has 0 saturated carbocycles. The Balaban J connectivity index is 1.64. The van der Waals surface area contributed by atoms with Crippen LogP contribution in [0.3, 0.4) is 0 Å². The lowest BCUT2D eigenvalue weighted by molar-refractivity contribution is 0.414. The van der Waals surface area contributed by atoms with E-state index in [0.717, 1.165) is 38.8 Å². The van der Waals surface area contributed by atoms with Crippen molar-refractivity contribution in [3.63, 3.8) is 0 Å². The molecule has 0 bridgehead atoms. The summed E-state index contributed by atoms with van der Waals surface area (Å²) in [4.78, 5) is 13.9. The predicted octanol–water partition coefficient (Wildman–Crippen LogP) is 5.26. The van der Waals surface area contributed by atoms with Gasteiger partial charge in [-0.1, -0.05) is 12.1 Å². The van der Waals surface area contributed by atoms with E-state index in [9.17, 15) is 0 Å². The van der Waals surface area contributed by atoms with Crippen molar-refractivity contribution >= 4 is 28.6 Å². The molecule has 5 nitrogen and oxygen atoms in total. The molecule has 0 saturated heterocycles. The van der Waals surface area contributed by atoms with Crippen molar-refractivity contribution in [2.75, 3.05) is 12.4 Å². The van der Waals surface area contributed by atoms with Crippen molar-refractivity contribution in [2.24, 2.45) is 0 Å². The molecule has 1 aromatic carbocycles. The summed E-state index contributed by atoms with van der Waals surface area (Å²) in [5.74, 6) is 1.42. The number of nitrogens with zero attached hydrogens (tertiary/aromatic N) is 3. The monoisotopic (exact) mass is 394 g/mol. The third kappa shape index (κ3) is 3.99. The Morgan fingerprint density at radius 3 is 2.81 bits per heavy atom. The van der Waals surface area contributed by atoms with Crippen molar-refractivity contribution in [1.29, 1.82) is 0 Å². The first-order chi connectivity index (χ1) is 13.2. The minimum Gasteiger partial charge on any atom is -0.497 e. The Morgan fingerprint density at radius 2 is 2.07 bits per heavy atom. The number of hydrogen-bond donors (Lipinski definition) is 1. The third-order valence-corrected chi connectivity index (χ3v) is 5.68. The highest BCUT2D eigenvalue weighted by Gasteiger charge is 2.15.